The maximum absolute atomic E-state index is 6.04. The second kappa shape index (κ2) is 5.92. The molecule has 3 nitrogen and oxygen atoms in total. The van der Waals surface area contributed by atoms with E-state index in [1.807, 2.05) is 18.2 Å². The normalized spacial score (nSPS) is 15.7. The lowest BCUT2D eigenvalue weighted by atomic mass is 10.0. The van der Waals surface area contributed by atoms with Crippen LogP contribution in [0.1, 0.15) is 48.7 Å². The van der Waals surface area contributed by atoms with Crippen molar-refractivity contribution in [2.75, 3.05) is 5.73 Å². The highest BCUT2D eigenvalue weighted by molar-refractivity contribution is 9.10. The van der Waals surface area contributed by atoms with Gasteiger partial charge in [-0.3, -0.25) is 0 Å². The SMILES string of the molecule is Nc1nc(Cc2ccccc2)nc(C2CCCC2)c1Br. The number of nitrogen functional groups attached to an aromatic ring is 1. The smallest absolute Gasteiger partial charge is 0.141 e. The monoisotopic (exact) mass is 331 g/mol. The Balaban J connectivity index is 1.92. The fourth-order valence-corrected chi connectivity index (χ4v) is 3.36. The molecule has 3 rings (SSSR count). The van der Waals surface area contributed by atoms with Gasteiger partial charge in [-0.25, -0.2) is 9.97 Å². The number of rotatable bonds is 3. The standard InChI is InChI=1S/C16H18BrN3/c17-14-15(12-8-4-5-9-12)19-13(20-16(14)18)10-11-6-2-1-3-7-11/h1-3,6-7,12H,4-5,8-10H2,(H2,18,19,20). The van der Waals surface area contributed by atoms with Crippen LogP contribution < -0.4 is 5.73 Å². The Labute approximate surface area is 127 Å². The second-order valence-corrected chi connectivity index (χ2v) is 6.16. The lowest BCUT2D eigenvalue weighted by Crippen LogP contribution is -2.08. The van der Waals surface area contributed by atoms with E-state index < -0.39 is 0 Å². The van der Waals surface area contributed by atoms with Crippen molar-refractivity contribution in [1.29, 1.82) is 0 Å². The summed E-state index contributed by atoms with van der Waals surface area (Å²) in [7, 11) is 0. The molecule has 1 aromatic heterocycles. The number of nitrogens with zero attached hydrogens (tertiary/aromatic N) is 2. The molecule has 0 bridgehead atoms. The Bertz CT molecular complexity index is 592. The summed E-state index contributed by atoms with van der Waals surface area (Å²) < 4.78 is 0.890. The number of anilines is 1. The predicted molar refractivity (Wildman–Crippen MR) is 84.6 cm³/mol. The van der Waals surface area contributed by atoms with Gasteiger partial charge in [0.1, 0.15) is 11.6 Å². The Morgan fingerprint density at radius 1 is 1.10 bits per heavy atom. The number of aromatic nitrogens is 2. The maximum atomic E-state index is 6.04. The first-order valence-corrected chi connectivity index (χ1v) is 7.89. The van der Waals surface area contributed by atoms with Crippen molar-refractivity contribution in [3.63, 3.8) is 0 Å². The molecule has 20 heavy (non-hydrogen) atoms. The molecule has 0 aliphatic heterocycles. The molecule has 0 spiro atoms. The van der Waals surface area contributed by atoms with Crippen LogP contribution in [-0.2, 0) is 6.42 Å². The molecule has 0 radical (unpaired) electrons. The average molecular weight is 332 g/mol. The molecule has 1 saturated carbocycles. The quantitative estimate of drug-likeness (QED) is 0.922. The van der Waals surface area contributed by atoms with Crippen LogP contribution in [-0.4, -0.2) is 9.97 Å². The van der Waals surface area contributed by atoms with Crippen LogP contribution in [0.3, 0.4) is 0 Å². The highest BCUT2D eigenvalue weighted by Crippen LogP contribution is 2.38. The van der Waals surface area contributed by atoms with E-state index in [0.29, 0.717) is 11.7 Å². The Morgan fingerprint density at radius 2 is 1.80 bits per heavy atom. The predicted octanol–water partition coefficient (Wildman–Crippen LogP) is 4.07. The van der Waals surface area contributed by atoms with Crippen molar-refractivity contribution in [1.82, 2.24) is 9.97 Å². The van der Waals surface area contributed by atoms with Crippen molar-refractivity contribution in [2.24, 2.45) is 0 Å². The summed E-state index contributed by atoms with van der Waals surface area (Å²) in [5.41, 5.74) is 8.36. The summed E-state index contributed by atoms with van der Waals surface area (Å²) in [6, 6.07) is 10.3. The first-order chi connectivity index (χ1) is 9.74. The Hall–Kier alpha value is -1.42. The van der Waals surface area contributed by atoms with Gasteiger partial charge < -0.3 is 5.73 Å². The Kier molecular flexibility index (Phi) is 4.01. The number of hydrogen-bond acceptors (Lipinski definition) is 3. The number of hydrogen-bond donors (Lipinski definition) is 1. The van der Waals surface area contributed by atoms with Crippen LogP contribution in [0, 0.1) is 0 Å². The van der Waals surface area contributed by atoms with Gasteiger partial charge >= 0.3 is 0 Å². The third-order valence-corrected chi connectivity index (χ3v) is 4.71. The van der Waals surface area contributed by atoms with Gasteiger partial charge in [0.2, 0.25) is 0 Å². The molecule has 0 amide bonds. The second-order valence-electron chi connectivity index (χ2n) is 5.37. The minimum Gasteiger partial charge on any atom is -0.383 e. The first-order valence-electron chi connectivity index (χ1n) is 7.10. The summed E-state index contributed by atoms with van der Waals surface area (Å²) in [6.45, 7) is 0. The lowest BCUT2D eigenvalue weighted by molar-refractivity contribution is 0.682. The molecule has 0 atom stereocenters. The lowest BCUT2D eigenvalue weighted by Gasteiger charge is -2.14. The van der Waals surface area contributed by atoms with E-state index in [2.05, 4.69) is 33.0 Å². The minimum absolute atomic E-state index is 0.532. The molecular formula is C16H18BrN3. The zero-order chi connectivity index (χ0) is 13.9. The van der Waals surface area contributed by atoms with Crippen LogP contribution >= 0.6 is 15.9 Å². The van der Waals surface area contributed by atoms with Crippen LogP contribution in [0.2, 0.25) is 0 Å². The number of nitrogens with two attached hydrogens (primary N) is 1. The molecule has 1 aliphatic rings. The van der Waals surface area contributed by atoms with Crippen molar-refractivity contribution >= 4 is 21.7 Å². The van der Waals surface area contributed by atoms with E-state index in [4.69, 9.17) is 10.7 Å². The van der Waals surface area contributed by atoms with Gasteiger partial charge in [0.25, 0.3) is 0 Å². The van der Waals surface area contributed by atoms with E-state index in [0.717, 1.165) is 22.4 Å². The maximum Gasteiger partial charge on any atom is 0.141 e. The van der Waals surface area contributed by atoms with Crippen molar-refractivity contribution in [3.05, 3.63) is 51.9 Å². The molecule has 1 heterocycles. The van der Waals surface area contributed by atoms with Gasteiger partial charge in [0.15, 0.2) is 0 Å². The van der Waals surface area contributed by atoms with Crippen LogP contribution in [0.4, 0.5) is 5.82 Å². The zero-order valence-electron chi connectivity index (χ0n) is 11.3. The molecule has 0 unspecified atom stereocenters. The fraction of sp³-hybridized carbons (Fsp3) is 0.375. The molecule has 104 valence electrons. The third-order valence-electron chi connectivity index (χ3n) is 3.90. The van der Waals surface area contributed by atoms with Gasteiger partial charge in [-0.15, -0.1) is 0 Å². The number of halogens is 1. The van der Waals surface area contributed by atoms with Gasteiger partial charge in [-0.1, -0.05) is 43.2 Å². The van der Waals surface area contributed by atoms with Crippen molar-refractivity contribution < 1.29 is 0 Å². The highest BCUT2D eigenvalue weighted by atomic mass is 79.9. The van der Waals surface area contributed by atoms with E-state index in [1.165, 1.54) is 31.2 Å². The number of benzene rings is 1. The molecule has 1 aromatic carbocycles. The third kappa shape index (κ3) is 2.85. The van der Waals surface area contributed by atoms with Crippen LogP contribution in [0.5, 0.6) is 0 Å². The summed E-state index contributed by atoms with van der Waals surface area (Å²) in [4.78, 5) is 9.19. The minimum atomic E-state index is 0.532. The molecule has 0 saturated heterocycles. The van der Waals surface area contributed by atoms with E-state index >= 15 is 0 Å². The highest BCUT2D eigenvalue weighted by Gasteiger charge is 2.23. The Morgan fingerprint density at radius 3 is 2.50 bits per heavy atom. The summed E-state index contributed by atoms with van der Waals surface area (Å²) in [5, 5.41) is 0. The molecular weight excluding hydrogens is 314 g/mol. The van der Waals surface area contributed by atoms with Crippen LogP contribution in [0.25, 0.3) is 0 Å². The van der Waals surface area contributed by atoms with E-state index in [1.54, 1.807) is 0 Å². The van der Waals surface area contributed by atoms with Crippen molar-refractivity contribution in [2.45, 2.75) is 38.0 Å². The van der Waals surface area contributed by atoms with Gasteiger partial charge in [-0.05, 0) is 34.3 Å². The van der Waals surface area contributed by atoms with E-state index in [9.17, 15) is 0 Å². The molecule has 2 N–H and O–H groups in total. The average Bonchev–Trinajstić information content (AvgIpc) is 2.98. The first kappa shape index (κ1) is 13.6. The topological polar surface area (TPSA) is 51.8 Å². The summed E-state index contributed by atoms with van der Waals surface area (Å²) >= 11 is 3.56. The summed E-state index contributed by atoms with van der Waals surface area (Å²) in [6.07, 6.45) is 5.72. The largest absolute Gasteiger partial charge is 0.383 e. The van der Waals surface area contributed by atoms with Crippen molar-refractivity contribution in [3.8, 4) is 0 Å². The van der Waals surface area contributed by atoms with E-state index in [-0.39, 0.29) is 0 Å². The van der Waals surface area contributed by atoms with Gasteiger partial charge in [-0.2, -0.15) is 0 Å². The molecule has 4 heteroatoms. The molecule has 2 aromatic rings. The molecule has 1 aliphatic carbocycles. The fourth-order valence-electron chi connectivity index (χ4n) is 2.86. The van der Waals surface area contributed by atoms with Gasteiger partial charge in [0.05, 0.1) is 10.2 Å². The molecule has 1 fully saturated rings. The van der Waals surface area contributed by atoms with Crippen LogP contribution in [0.15, 0.2) is 34.8 Å². The van der Waals surface area contributed by atoms with Gasteiger partial charge in [0, 0.05) is 12.3 Å². The summed E-state index contributed by atoms with van der Waals surface area (Å²) in [5.74, 6) is 1.91. The zero-order valence-corrected chi connectivity index (χ0v) is 12.9.